The molecule has 1 fully saturated rings. The van der Waals surface area contributed by atoms with Gasteiger partial charge in [-0.25, -0.2) is 9.97 Å². The van der Waals surface area contributed by atoms with Gasteiger partial charge in [0.1, 0.15) is 12.1 Å². The summed E-state index contributed by atoms with van der Waals surface area (Å²) < 4.78 is 5.66. The molecular weight excluding hydrogens is 218 g/mol. The third kappa shape index (κ3) is 2.92. The normalized spacial score (nSPS) is 20.6. The molecule has 1 aromatic rings. The summed E-state index contributed by atoms with van der Waals surface area (Å²) in [5.41, 5.74) is 0.782. The first-order chi connectivity index (χ1) is 8.35. The maximum Gasteiger partial charge on any atom is 0.137 e. The number of aliphatic hydroxyl groups is 1. The Kier molecular flexibility index (Phi) is 4.28. The van der Waals surface area contributed by atoms with Crippen LogP contribution < -0.4 is 4.90 Å². The van der Waals surface area contributed by atoms with Crippen LogP contribution in [0, 0.1) is 0 Å². The molecule has 0 amide bonds. The Morgan fingerprint density at radius 2 is 2.47 bits per heavy atom. The molecule has 0 aliphatic carbocycles. The first-order valence-electron chi connectivity index (χ1n) is 6.11. The lowest BCUT2D eigenvalue weighted by atomic mass is 10.1. The van der Waals surface area contributed by atoms with Crippen LogP contribution in [0.15, 0.2) is 12.5 Å². The summed E-state index contributed by atoms with van der Waals surface area (Å²) in [4.78, 5) is 10.4. The van der Waals surface area contributed by atoms with Crippen molar-refractivity contribution in [3.05, 3.63) is 18.1 Å². The van der Waals surface area contributed by atoms with Crippen LogP contribution >= 0.6 is 0 Å². The molecule has 0 saturated carbocycles. The zero-order chi connectivity index (χ0) is 12.1. The average Bonchev–Trinajstić information content (AvgIpc) is 2.39. The van der Waals surface area contributed by atoms with Crippen molar-refractivity contribution in [2.75, 3.05) is 24.6 Å². The fourth-order valence-corrected chi connectivity index (χ4v) is 2.25. The van der Waals surface area contributed by atoms with Gasteiger partial charge in [-0.05, 0) is 19.8 Å². The Morgan fingerprint density at radius 1 is 1.59 bits per heavy atom. The number of nitrogens with zero attached hydrogens (tertiary/aromatic N) is 3. The topological polar surface area (TPSA) is 58.5 Å². The number of hydrogen-bond donors (Lipinski definition) is 1. The minimum Gasteiger partial charge on any atom is -0.391 e. The van der Waals surface area contributed by atoms with Gasteiger partial charge in [0.2, 0.25) is 0 Å². The molecule has 2 heterocycles. The van der Waals surface area contributed by atoms with Crippen molar-refractivity contribution >= 4 is 5.82 Å². The van der Waals surface area contributed by atoms with Gasteiger partial charge in [0.15, 0.2) is 0 Å². The number of aliphatic hydroxyl groups excluding tert-OH is 1. The molecule has 1 saturated heterocycles. The van der Waals surface area contributed by atoms with E-state index in [0.717, 1.165) is 43.9 Å². The highest BCUT2D eigenvalue weighted by Crippen LogP contribution is 2.22. The maximum absolute atomic E-state index is 9.28. The quantitative estimate of drug-likeness (QED) is 0.845. The molecule has 17 heavy (non-hydrogen) atoms. The lowest BCUT2D eigenvalue weighted by Gasteiger charge is -2.34. The summed E-state index contributed by atoms with van der Waals surface area (Å²) in [5.74, 6) is 0.840. The van der Waals surface area contributed by atoms with Gasteiger partial charge in [0.25, 0.3) is 0 Å². The van der Waals surface area contributed by atoms with E-state index in [9.17, 15) is 5.11 Å². The Hall–Kier alpha value is -1.20. The summed E-state index contributed by atoms with van der Waals surface area (Å²) in [6.45, 7) is 4.55. The first kappa shape index (κ1) is 12.3. The van der Waals surface area contributed by atoms with E-state index in [1.165, 1.54) is 6.33 Å². The molecule has 0 bridgehead atoms. The Morgan fingerprint density at radius 3 is 3.24 bits per heavy atom. The molecule has 0 radical (unpaired) electrons. The fraction of sp³-hybridized carbons (Fsp3) is 0.667. The van der Waals surface area contributed by atoms with Crippen molar-refractivity contribution in [2.24, 2.45) is 0 Å². The van der Waals surface area contributed by atoms with Crippen molar-refractivity contribution < 1.29 is 9.84 Å². The highest BCUT2D eigenvalue weighted by Gasteiger charge is 2.22. The van der Waals surface area contributed by atoms with E-state index in [2.05, 4.69) is 14.9 Å². The zero-order valence-electron chi connectivity index (χ0n) is 10.2. The predicted octanol–water partition coefficient (Wildman–Crippen LogP) is 0.974. The highest BCUT2D eigenvalue weighted by molar-refractivity contribution is 5.45. The van der Waals surface area contributed by atoms with Gasteiger partial charge in [-0.1, -0.05) is 0 Å². The van der Waals surface area contributed by atoms with Gasteiger partial charge in [0.05, 0.1) is 12.7 Å². The Bertz CT molecular complexity index is 357. The molecule has 1 unspecified atom stereocenters. The molecule has 0 aromatic carbocycles. The number of aromatic nitrogens is 2. The summed E-state index contributed by atoms with van der Waals surface area (Å²) in [6.07, 6.45) is 5.67. The third-order valence-electron chi connectivity index (χ3n) is 3.01. The van der Waals surface area contributed by atoms with Crippen LogP contribution in [-0.4, -0.2) is 40.9 Å². The second-order valence-electron chi connectivity index (χ2n) is 4.20. The van der Waals surface area contributed by atoms with E-state index < -0.39 is 0 Å². The van der Waals surface area contributed by atoms with E-state index in [0.29, 0.717) is 0 Å². The number of hydrogen-bond acceptors (Lipinski definition) is 5. The second kappa shape index (κ2) is 5.93. The minimum atomic E-state index is -0.0219. The molecule has 1 N–H and O–H groups in total. The van der Waals surface area contributed by atoms with Crippen LogP contribution in [0.1, 0.15) is 25.3 Å². The maximum atomic E-state index is 9.28. The smallest absolute Gasteiger partial charge is 0.137 e. The molecule has 1 aromatic heterocycles. The SMILES string of the molecule is CCOC1CCCN(c2ncncc2CO)C1. The molecule has 5 heteroatoms. The predicted molar refractivity (Wildman–Crippen MR) is 64.8 cm³/mol. The monoisotopic (exact) mass is 237 g/mol. The fourth-order valence-electron chi connectivity index (χ4n) is 2.25. The molecule has 94 valence electrons. The van der Waals surface area contributed by atoms with Crippen molar-refractivity contribution in [3.8, 4) is 0 Å². The molecule has 1 aliphatic rings. The lowest BCUT2D eigenvalue weighted by Crippen LogP contribution is -2.40. The molecule has 1 atom stereocenters. The van der Waals surface area contributed by atoms with E-state index in [-0.39, 0.29) is 12.7 Å². The summed E-state index contributed by atoms with van der Waals surface area (Å²) in [5, 5.41) is 9.28. The zero-order valence-corrected chi connectivity index (χ0v) is 10.2. The lowest BCUT2D eigenvalue weighted by molar-refractivity contribution is 0.0524. The average molecular weight is 237 g/mol. The molecule has 1 aliphatic heterocycles. The highest BCUT2D eigenvalue weighted by atomic mass is 16.5. The molecule has 5 nitrogen and oxygen atoms in total. The molecule has 2 rings (SSSR count). The van der Waals surface area contributed by atoms with Crippen LogP contribution in [0.2, 0.25) is 0 Å². The number of anilines is 1. The van der Waals surface area contributed by atoms with Crippen LogP contribution in [0.4, 0.5) is 5.82 Å². The summed E-state index contributed by atoms with van der Waals surface area (Å²) in [7, 11) is 0. The number of piperidine rings is 1. The van der Waals surface area contributed by atoms with Crippen molar-refractivity contribution in [3.63, 3.8) is 0 Å². The van der Waals surface area contributed by atoms with E-state index >= 15 is 0 Å². The first-order valence-corrected chi connectivity index (χ1v) is 6.11. The van der Waals surface area contributed by atoms with E-state index in [1.54, 1.807) is 6.20 Å². The van der Waals surface area contributed by atoms with E-state index in [1.807, 2.05) is 6.92 Å². The van der Waals surface area contributed by atoms with E-state index in [4.69, 9.17) is 4.74 Å². The summed E-state index contributed by atoms with van der Waals surface area (Å²) >= 11 is 0. The minimum absolute atomic E-state index is 0.0219. The van der Waals surface area contributed by atoms with Gasteiger partial charge < -0.3 is 14.7 Å². The number of ether oxygens (including phenoxy) is 1. The second-order valence-corrected chi connectivity index (χ2v) is 4.20. The molecular formula is C12H19N3O2. The van der Waals surface area contributed by atoms with Gasteiger partial charge in [-0.3, -0.25) is 0 Å². The van der Waals surface area contributed by atoms with Gasteiger partial charge >= 0.3 is 0 Å². The largest absolute Gasteiger partial charge is 0.391 e. The van der Waals surface area contributed by atoms with Crippen LogP contribution in [0.25, 0.3) is 0 Å². The third-order valence-corrected chi connectivity index (χ3v) is 3.01. The molecule has 0 spiro atoms. The van der Waals surface area contributed by atoms with Gasteiger partial charge in [-0.15, -0.1) is 0 Å². The van der Waals surface area contributed by atoms with Crippen molar-refractivity contribution in [1.82, 2.24) is 9.97 Å². The Balaban J connectivity index is 2.10. The van der Waals surface area contributed by atoms with Crippen molar-refractivity contribution in [1.29, 1.82) is 0 Å². The van der Waals surface area contributed by atoms with Crippen LogP contribution in [-0.2, 0) is 11.3 Å². The van der Waals surface area contributed by atoms with Crippen LogP contribution in [0.3, 0.4) is 0 Å². The standard InChI is InChI=1S/C12H19N3O2/c1-2-17-11-4-3-5-15(7-11)12-10(8-16)6-13-9-14-12/h6,9,11,16H,2-5,7-8H2,1H3. The van der Waals surface area contributed by atoms with Gasteiger partial charge in [-0.2, -0.15) is 0 Å². The van der Waals surface area contributed by atoms with Crippen molar-refractivity contribution in [2.45, 2.75) is 32.5 Å². The Labute approximate surface area is 101 Å². The summed E-state index contributed by atoms with van der Waals surface area (Å²) in [6, 6.07) is 0. The van der Waals surface area contributed by atoms with Gasteiger partial charge in [0, 0.05) is 31.5 Å². The number of rotatable bonds is 4. The van der Waals surface area contributed by atoms with Crippen LogP contribution in [0.5, 0.6) is 0 Å².